The van der Waals surface area contributed by atoms with Gasteiger partial charge in [-0.2, -0.15) is 0 Å². The molecule has 2 aliphatic heterocycles. The first-order chi connectivity index (χ1) is 12.8. The molecule has 1 aromatic rings. The molecular weight excluding hydrogens is 420 g/mol. The average Bonchev–Trinajstić information content (AvgIpc) is 3.04. The zero-order valence-corrected chi connectivity index (χ0v) is 16.9. The molecule has 2 saturated heterocycles. The summed E-state index contributed by atoms with van der Waals surface area (Å²) in [7, 11) is 0. The largest absolute Gasteiger partial charge is 0.341 e. The van der Waals surface area contributed by atoms with Crippen molar-refractivity contribution >= 4 is 27.6 Å². The summed E-state index contributed by atoms with van der Waals surface area (Å²) in [5, 5.41) is 0. The van der Waals surface area contributed by atoms with Crippen molar-refractivity contribution in [1.29, 1.82) is 0 Å². The molecule has 3 rings (SSSR count). The zero-order chi connectivity index (χ0) is 19.7. The van der Waals surface area contributed by atoms with Crippen molar-refractivity contribution < 1.29 is 18.4 Å². The number of amides is 1. The Labute approximate surface area is 166 Å². The third kappa shape index (κ3) is 4.22. The van der Waals surface area contributed by atoms with Crippen LogP contribution in [0.3, 0.4) is 0 Å². The predicted octanol–water partition coefficient (Wildman–Crippen LogP) is 2.65. The number of hydrogen-bond acceptors (Lipinski definition) is 4. The van der Waals surface area contributed by atoms with Gasteiger partial charge in [-0.05, 0) is 37.0 Å². The third-order valence-corrected chi connectivity index (χ3v) is 6.52. The molecule has 3 atom stereocenters. The predicted molar refractivity (Wildman–Crippen MR) is 101 cm³/mol. The number of halogens is 3. The standard InChI is InChI=1S/C19H24BrF2N3O2/c1-10(2)16-15(20)17(24-23-16)19(27)25-7-5-11(6-8-25)18(26)13-9-12(21)3-4-14(13)22/h3-4,9-11,15-17,23-24H,5-8H2,1-2H3. The van der Waals surface area contributed by atoms with Crippen molar-refractivity contribution in [3.05, 3.63) is 35.4 Å². The van der Waals surface area contributed by atoms with E-state index < -0.39 is 23.3 Å². The van der Waals surface area contributed by atoms with Crippen molar-refractivity contribution in [3.63, 3.8) is 0 Å². The summed E-state index contributed by atoms with van der Waals surface area (Å²) in [5.41, 5.74) is 6.02. The lowest BCUT2D eigenvalue weighted by atomic mass is 9.88. The molecule has 0 aliphatic carbocycles. The summed E-state index contributed by atoms with van der Waals surface area (Å²) in [6, 6.07) is 2.70. The van der Waals surface area contributed by atoms with Gasteiger partial charge in [-0.15, -0.1) is 0 Å². The number of carbonyl (C=O) groups is 2. The maximum Gasteiger partial charge on any atom is 0.242 e. The number of Topliss-reactive ketones (excluding diaryl/α,β-unsaturated/α-hetero) is 1. The summed E-state index contributed by atoms with van der Waals surface area (Å²) < 4.78 is 27.2. The van der Waals surface area contributed by atoms with Crippen LogP contribution in [0.2, 0.25) is 0 Å². The highest BCUT2D eigenvalue weighted by atomic mass is 79.9. The topological polar surface area (TPSA) is 61.4 Å². The van der Waals surface area contributed by atoms with Gasteiger partial charge in [-0.25, -0.2) is 14.2 Å². The molecule has 0 saturated carbocycles. The van der Waals surface area contributed by atoms with Crippen LogP contribution in [0.5, 0.6) is 0 Å². The van der Waals surface area contributed by atoms with Gasteiger partial charge in [0.05, 0.1) is 10.4 Å². The molecule has 2 fully saturated rings. The van der Waals surface area contributed by atoms with Gasteiger partial charge in [0.15, 0.2) is 5.78 Å². The first kappa shape index (κ1) is 20.4. The van der Waals surface area contributed by atoms with Gasteiger partial charge in [0, 0.05) is 25.0 Å². The summed E-state index contributed by atoms with van der Waals surface area (Å²) >= 11 is 3.62. The number of likely N-dealkylation sites (tertiary alicyclic amines) is 1. The number of ketones is 1. The minimum atomic E-state index is -0.706. The maximum absolute atomic E-state index is 13.9. The van der Waals surface area contributed by atoms with E-state index in [-0.39, 0.29) is 28.4 Å². The molecule has 2 N–H and O–H groups in total. The molecule has 2 aliphatic rings. The maximum atomic E-state index is 13.9. The minimum Gasteiger partial charge on any atom is -0.341 e. The van der Waals surface area contributed by atoms with E-state index in [0.717, 1.165) is 18.2 Å². The molecule has 27 heavy (non-hydrogen) atoms. The average molecular weight is 444 g/mol. The fraction of sp³-hybridized carbons (Fsp3) is 0.579. The van der Waals surface area contributed by atoms with Crippen LogP contribution in [0, 0.1) is 23.5 Å². The van der Waals surface area contributed by atoms with E-state index in [0.29, 0.717) is 31.8 Å². The normalized spacial score (nSPS) is 26.6. The second kappa shape index (κ2) is 8.32. The van der Waals surface area contributed by atoms with Crippen LogP contribution in [0.15, 0.2) is 18.2 Å². The zero-order valence-electron chi connectivity index (χ0n) is 15.3. The summed E-state index contributed by atoms with van der Waals surface area (Å²) in [6.07, 6.45) is 0.891. The lowest BCUT2D eigenvalue weighted by Gasteiger charge is -2.33. The van der Waals surface area contributed by atoms with Crippen LogP contribution in [0.4, 0.5) is 8.78 Å². The highest BCUT2D eigenvalue weighted by Gasteiger charge is 2.42. The molecule has 2 heterocycles. The van der Waals surface area contributed by atoms with E-state index in [4.69, 9.17) is 0 Å². The van der Waals surface area contributed by atoms with Crippen LogP contribution in [0.25, 0.3) is 0 Å². The van der Waals surface area contributed by atoms with E-state index in [1.54, 1.807) is 4.90 Å². The summed E-state index contributed by atoms with van der Waals surface area (Å²) in [5.74, 6) is -1.78. The molecule has 3 unspecified atom stereocenters. The summed E-state index contributed by atoms with van der Waals surface area (Å²) in [6.45, 7) is 5.03. The number of carbonyl (C=O) groups excluding carboxylic acids is 2. The molecule has 1 aromatic carbocycles. The monoisotopic (exact) mass is 443 g/mol. The highest BCUT2D eigenvalue weighted by Crippen LogP contribution is 2.27. The van der Waals surface area contributed by atoms with Crippen LogP contribution < -0.4 is 10.9 Å². The molecule has 8 heteroatoms. The molecule has 0 radical (unpaired) electrons. The number of nitrogens with one attached hydrogen (secondary N) is 2. The van der Waals surface area contributed by atoms with Crippen molar-refractivity contribution in [1.82, 2.24) is 15.8 Å². The number of hydrogen-bond donors (Lipinski definition) is 2. The first-order valence-corrected chi connectivity index (χ1v) is 10.1. The Morgan fingerprint density at radius 1 is 1.19 bits per heavy atom. The van der Waals surface area contributed by atoms with Crippen molar-refractivity contribution in [2.75, 3.05) is 13.1 Å². The molecule has 0 aromatic heterocycles. The first-order valence-electron chi connectivity index (χ1n) is 9.22. The van der Waals surface area contributed by atoms with E-state index in [1.165, 1.54) is 0 Å². The summed E-state index contributed by atoms with van der Waals surface area (Å²) in [4.78, 5) is 27.1. The lowest BCUT2D eigenvalue weighted by Crippen LogP contribution is -2.51. The van der Waals surface area contributed by atoms with Crippen LogP contribution in [-0.2, 0) is 4.79 Å². The highest BCUT2D eigenvalue weighted by molar-refractivity contribution is 9.09. The lowest BCUT2D eigenvalue weighted by molar-refractivity contribution is -0.134. The third-order valence-electron chi connectivity index (χ3n) is 5.42. The Bertz CT molecular complexity index is 723. The van der Waals surface area contributed by atoms with Crippen molar-refractivity contribution in [3.8, 4) is 0 Å². The number of hydrazine groups is 1. The number of alkyl halides is 1. The molecule has 0 spiro atoms. The van der Waals surface area contributed by atoms with E-state index in [9.17, 15) is 18.4 Å². The Morgan fingerprint density at radius 3 is 2.44 bits per heavy atom. The van der Waals surface area contributed by atoms with Gasteiger partial charge in [0.25, 0.3) is 0 Å². The molecule has 5 nitrogen and oxygen atoms in total. The molecule has 0 bridgehead atoms. The number of piperidine rings is 1. The number of benzene rings is 1. The van der Waals surface area contributed by atoms with E-state index in [1.807, 2.05) is 0 Å². The second-order valence-corrected chi connectivity index (χ2v) is 8.63. The Morgan fingerprint density at radius 2 is 1.85 bits per heavy atom. The Hall–Kier alpha value is -1.38. The minimum absolute atomic E-state index is 0.0182. The van der Waals surface area contributed by atoms with E-state index >= 15 is 0 Å². The van der Waals surface area contributed by atoms with Crippen LogP contribution in [-0.4, -0.2) is 46.6 Å². The van der Waals surface area contributed by atoms with Crippen molar-refractivity contribution in [2.45, 2.75) is 43.6 Å². The Balaban J connectivity index is 1.59. The number of nitrogens with zero attached hydrogens (tertiary/aromatic N) is 1. The van der Waals surface area contributed by atoms with Gasteiger partial charge < -0.3 is 4.90 Å². The second-order valence-electron chi connectivity index (χ2n) is 7.57. The van der Waals surface area contributed by atoms with Crippen molar-refractivity contribution in [2.24, 2.45) is 11.8 Å². The van der Waals surface area contributed by atoms with Gasteiger partial charge in [0.2, 0.25) is 5.91 Å². The quantitative estimate of drug-likeness (QED) is 0.554. The molecular formula is C19H24BrF2N3O2. The van der Waals surface area contributed by atoms with E-state index in [2.05, 4.69) is 40.6 Å². The molecule has 148 valence electrons. The fourth-order valence-electron chi connectivity index (χ4n) is 3.75. The van der Waals surface area contributed by atoms with Crippen LogP contribution >= 0.6 is 15.9 Å². The van der Waals surface area contributed by atoms with Crippen LogP contribution in [0.1, 0.15) is 37.0 Å². The number of rotatable bonds is 4. The Kier molecular flexibility index (Phi) is 6.28. The van der Waals surface area contributed by atoms with Gasteiger partial charge in [-0.1, -0.05) is 29.8 Å². The van der Waals surface area contributed by atoms with Gasteiger partial charge in [-0.3, -0.25) is 15.0 Å². The molecule has 1 amide bonds. The smallest absolute Gasteiger partial charge is 0.242 e. The van der Waals surface area contributed by atoms with Gasteiger partial charge >= 0.3 is 0 Å². The van der Waals surface area contributed by atoms with Gasteiger partial charge in [0.1, 0.15) is 17.7 Å². The fourth-order valence-corrected chi connectivity index (χ4v) is 4.85. The SMILES string of the molecule is CC(C)C1NNC(C(=O)N2CCC(C(=O)c3cc(F)ccc3F)CC2)C1Br.